The average molecular weight is 1020 g/mol. The van der Waals surface area contributed by atoms with Gasteiger partial charge < -0.3 is 45.1 Å². The maximum absolute atomic E-state index is 13.4. The molecule has 72 heavy (non-hydrogen) atoms. The van der Waals surface area contributed by atoms with E-state index in [-0.39, 0.29) is 19.4 Å². The van der Waals surface area contributed by atoms with Crippen LogP contribution in [0, 0.1) is 0 Å². The van der Waals surface area contributed by atoms with Crippen LogP contribution in [0.4, 0.5) is 0 Å². The third-order valence-electron chi connectivity index (χ3n) is 14.0. The van der Waals surface area contributed by atoms with Gasteiger partial charge in [0.05, 0.1) is 25.4 Å². The first-order chi connectivity index (χ1) is 35.2. The van der Waals surface area contributed by atoms with Crippen LogP contribution < -0.4 is 5.32 Å². The van der Waals surface area contributed by atoms with E-state index < -0.39 is 67.4 Å². The highest BCUT2D eigenvalue weighted by Gasteiger charge is 2.47. The molecule has 6 N–H and O–H groups in total. The number of amides is 1. The molecule has 0 bridgehead atoms. The van der Waals surface area contributed by atoms with Crippen LogP contribution in [0.2, 0.25) is 0 Å². The number of rotatable bonds is 50. The van der Waals surface area contributed by atoms with Crippen molar-refractivity contribution in [3.05, 3.63) is 48.6 Å². The van der Waals surface area contributed by atoms with Gasteiger partial charge in [0.2, 0.25) is 5.91 Å². The molecule has 1 amide bonds. The van der Waals surface area contributed by atoms with Crippen LogP contribution in [0.5, 0.6) is 0 Å². The van der Waals surface area contributed by atoms with E-state index >= 15 is 0 Å². The third kappa shape index (κ3) is 37.4. The van der Waals surface area contributed by atoms with E-state index in [1.54, 1.807) is 6.08 Å². The lowest BCUT2D eigenvalue weighted by molar-refractivity contribution is -0.305. The second kappa shape index (κ2) is 49.5. The molecule has 0 aromatic heterocycles. The molecule has 0 saturated carbocycles. The highest BCUT2D eigenvalue weighted by Crippen LogP contribution is 2.26. The van der Waals surface area contributed by atoms with Gasteiger partial charge >= 0.3 is 5.97 Å². The monoisotopic (exact) mass is 1020 g/mol. The van der Waals surface area contributed by atoms with Gasteiger partial charge in [0.1, 0.15) is 24.4 Å². The van der Waals surface area contributed by atoms with Gasteiger partial charge in [-0.25, -0.2) is 0 Å². The zero-order valence-electron chi connectivity index (χ0n) is 46.3. The first-order valence-electron chi connectivity index (χ1n) is 29.9. The minimum Gasteiger partial charge on any atom is -0.454 e. The van der Waals surface area contributed by atoms with Gasteiger partial charge in [0.15, 0.2) is 12.4 Å². The molecule has 1 saturated heterocycles. The van der Waals surface area contributed by atoms with Crippen molar-refractivity contribution in [3.63, 3.8) is 0 Å². The summed E-state index contributed by atoms with van der Waals surface area (Å²) in [4.78, 5) is 26.5. The fourth-order valence-corrected chi connectivity index (χ4v) is 9.15. The molecule has 1 heterocycles. The number of carbonyl (C=O) groups excluding carboxylic acids is 2. The molecule has 0 radical (unpaired) electrons. The second-order valence-corrected chi connectivity index (χ2v) is 20.7. The van der Waals surface area contributed by atoms with Crippen LogP contribution in [-0.4, -0.2) is 99.6 Å². The lowest BCUT2D eigenvalue weighted by Gasteiger charge is -2.41. The van der Waals surface area contributed by atoms with Crippen molar-refractivity contribution in [2.24, 2.45) is 0 Å². The van der Waals surface area contributed by atoms with Crippen molar-refractivity contribution < 1.29 is 49.3 Å². The number of ether oxygens (including phenoxy) is 3. The Kier molecular flexibility index (Phi) is 46.5. The van der Waals surface area contributed by atoms with Crippen molar-refractivity contribution in [1.82, 2.24) is 5.32 Å². The third-order valence-corrected chi connectivity index (χ3v) is 14.0. The van der Waals surface area contributed by atoms with Crippen LogP contribution >= 0.6 is 0 Å². The number of allylic oxidation sites excluding steroid dienone is 7. The van der Waals surface area contributed by atoms with E-state index in [0.29, 0.717) is 12.8 Å². The van der Waals surface area contributed by atoms with E-state index in [2.05, 4.69) is 62.5 Å². The number of hydrogen-bond acceptors (Lipinski definition) is 10. The molecule has 11 heteroatoms. The number of aliphatic hydroxyl groups excluding tert-OH is 5. The molecule has 1 fully saturated rings. The molecule has 1 aliphatic heterocycles. The van der Waals surface area contributed by atoms with E-state index in [9.17, 15) is 35.1 Å². The largest absolute Gasteiger partial charge is 0.454 e. The van der Waals surface area contributed by atoms with E-state index in [1.807, 2.05) is 6.08 Å². The van der Waals surface area contributed by atoms with E-state index in [0.717, 1.165) is 89.9 Å². The lowest BCUT2D eigenvalue weighted by atomic mass is 9.99. The van der Waals surface area contributed by atoms with Gasteiger partial charge in [-0.1, -0.05) is 223 Å². The Labute approximate surface area is 440 Å². The van der Waals surface area contributed by atoms with Gasteiger partial charge in [-0.2, -0.15) is 0 Å². The Morgan fingerprint density at radius 2 is 0.958 bits per heavy atom. The fourth-order valence-electron chi connectivity index (χ4n) is 9.15. The van der Waals surface area contributed by atoms with Gasteiger partial charge in [0, 0.05) is 6.42 Å². The molecule has 0 aromatic carbocycles. The fraction of sp³-hybridized carbons (Fsp3) is 0.836. The van der Waals surface area contributed by atoms with Gasteiger partial charge in [-0.3, -0.25) is 9.59 Å². The molecule has 1 aliphatic rings. The first-order valence-corrected chi connectivity index (χ1v) is 29.9. The molecular weight excluding hydrogens is 907 g/mol. The summed E-state index contributed by atoms with van der Waals surface area (Å²) in [7, 11) is 0. The minimum atomic E-state index is -1.62. The van der Waals surface area contributed by atoms with Crippen LogP contribution in [-0.2, 0) is 23.8 Å². The van der Waals surface area contributed by atoms with E-state index in [4.69, 9.17) is 14.2 Å². The highest BCUT2D eigenvalue weighted by molar-refractivity contribution is 5.80. The number of aliphatic hydroxyl groups is 5. The molecular formula is C61H111NO10. The molecule has 0 aromatic rings. The summed E-state index contributed by atoms with van der Waals surface area (Å²) in [6.45, 7) is 5.74. The molecule has 0 spiro atoms. The number of esters is 1. The lowest BCUT2D eigenvalue weighted by Crippen LogP contribution is -2.61. The van der Waals surface area contributed by atoms with Crippen molar-refractivity contribution >= 4 is 11.9 Å². The Morgan fingerprint density at radius 1 is 0.542 bits per heavy atom. The summed E-state index contributed by atoms with van der Waals surface area (Å²) in [6, 6.07) is -1.03. The predicted molar refractivity (Wildman–Crippen MR) is 297 cm³/mol. The normalized spacial score (nSPS) is 19.8. The number of nitrogens with one attached hydrogen (secondary N) is 1. The van der Waals surface area contributed by atoms with Gasteiger partial charge in [0.25, 0.3) is 0 Å². The summed E-state index contributed by atoms with van der Waals surface area (Å²) in [6.07, 6.45) is 48.6. The summed E-state index contributed by atoms with van der Waals surface area (Å²) in [5, 5.41) is 56.9. The van der Waals surface area contributed by atoms with Gasteiger partial charge in [-0.05, 0) is 83.5 Å². The van der Waals surface area contributed by atoms with Crippen molar-refractivity contribution in [3.8, 4) is 0 Å². The molecule has 8 unspecified atom stereocenters. The standard InChI is InChI=1S/C61H111NO10/c1-4-7-10-13-16-19-22-25-27-28-29-31-34-37-40-43-46-49-56(66)72-59-58(68)57(67)55(50-63)71-61(59)70-51-52(53(64)47-44-41-38-35-32-24-21-18-15-12-9-6-3)62-60(69)54(65)48-45-42-39-36-33-30-26-23-20-17-14-11-8-5-2/h16,19-20,23,25,27,44,47,52-55,57-59,61,63-65,67-68H,4-15,17-18,21-22,24,26,28-43,45-46,48-51H2,1-3H3,(H,62,69)/b19-16-,23-20-,27-25-,47-44+. The molecule has 0 aliphatic carbocycles. The first kappa shape index (κ1) is 67.6. The Morgan fingerprint density at radius 3 is 1.47 bits per heavy atom. The molecule has 1 rings (SSSR count). The Balaban J connectivity index is 2.71. The second-order valence-electron chi connectivity index (χ2n) is 20.7. The zero-order chi connectivity index (χ0) is 52.5. The van der Waals surface area contributed by atoms with Crippen molar-refractivity contribution in [2.45, 2.75) is 314 Å². The molecule has 8 atom stereocenters. The number of hydrogen-bond donors (Lipinski definition) is 6. The predicted octanol–water partition coefficient (Wildman–Crippen LogP) is 13.7. The van der Waals surface area contributed by atoms with E-state index in [1.165, 1.54) is 128 Å². The summed E-state index contributed by atoms with van der Waals surface area (Å²) in [5.41, 5.74) is 0. The Hall–Kier alpha value is -2.38. The zero-order valence-corrected chi connectivity index (χ0v) is 46.3. The molecule has 11 nitrogen and oxygen atoms in total. The maximum atomic E-state index is 13.4. The number of unbranched alkanes of at least 4 members (excludes halogenated alkanes) is 30. The SMILES string of the molecule is CCCCC/C=C\C/C=C\CCCCCCCCCC(=O)OC1C(OCC(NC(=O)C(O)CCCCCCCC/C=C\CCCCCC)C(O)/C=C/CCCCCCCCCCCC)OC(CO)C(O)C1O. The average Bonchev–Trinajstić information content (AvgIpc) is 3.38. The Bertz CT molecular complexity index is 1350. The summed E-state index contributed by atoms with van der Waals surface area (Å²) in [5.74, 6) is -1.20. The maximum Gasteiger partial charge on any atom is 0.306 e. The molecule has 420 valence electrons. The smallest absolute Gasteiger partial charge is 0.306 e. The van der Waals surface area contributed by atoms with Crippen molar-refractivity contribution in [2.75, 3.05) is 13.2 Å². The van der Waals surface area contributed by atoms with Gasteiger partial charge in [-0.15, -0.1) is 0 Å². The van der Waals surface area contributed by atoms with Crippen LogP contribution in [0.15, 0.2) is 48.6 Å². The topological polar surface area (TPSA) is 175 Å². The number of carbonyl (C=O) groups is 2. The minimum absolute atomic E-state index is 0.114. The highest BCUT2D eigenvalue weighted by atomic mass is 16.7. The van der Waals surface area contributed by atoms with Crippen LogP contribution in [0.25, 0.3) is 0 Å². The van der Waals surface area contributed by atoms with Crippen LogP contribution in [0.1, 0.15) is 265 Å². The quantitative estimate of drug-likeness (QED) is 0.0195. The van der Waals surface area contributed by atoms with Crippen LogP contribution in [0.3, 0.4) is 0 Å². The van der Waals surface area contributed by atoms with Crippen molar-refractivity contribution in [1.29, 1.82) is 0 Å². The summed E-state index contributed by atoms with van der Waals surface area (Å²) >= 11 is 0. The summed E-state index contributed by atoms with van der Waals surface area (Å²) < 4.78 is 17.6.